The first-order valence-corrected chi connectivity index (χ1v) is 7.18. The van der Waals surface area contributed by atoms with Crippen molar-refractivity contribution in [3.05, 3.63) is 40.7 Å². The Kier molecular flexibility index (Phi) is 3.18. The van der Waals surface area contributed by atoms with E-state index in [1.165, 1.54) is 12.8 Å². The van der Waals surface area contributed by atoms with E-state index in [4.69, 9.17) is 17.4 Å². The zero-order valence-electron chi connectivity index (χ0n) is 9.71. The Morgan fingerprint density at radius 2 is 2.22 bits per heavy atom. The molecule has 1 fully saturated rings. The van der Waals surface area contributed by atoms with Crippen molar-refractivity contribution in [2.24, 2.45) is 0 Å². The minimum Gasteiger partial charge on any atom is -0.336 e. The standard InChI is InChI=1S/C12H13ClN4S/c13-10-3-1-2-8(6-10)7-18-12-16-15-11(17(12)14)9-4-5-9/h1-3,6,9H,4-5,7,14H2. The summed E-state index contributed by atoms with van der Waals surface area (Å²) in [6, 6.07) is 7.80. The maximum absolute atomic E-state index is 5.98. The molecule has 1 saturated carbocycles. The van der Waals surface area contributed by atoms with Crippen molar-refractivity contribution < 1.29 is 0 Å². The van der Waals surface area contributed by atoms with Gasteiger partial charge in [-0.25, -0.2) is 4.68 Å². The Labute approximate surface area is 115 Å². The van der Waals surface area contributed by atoms with Crippen molar-refractivity contribution in [3.63, 3.8) is 0 Å². The fraction of sp³-hybridized carbons (Fsp3) is 0.333. The van der Waals surface area contributed by atoms with E-state index in [-0.39, 0.29) is 0 Å². The smallest absolute Gasteiger partial charge is 0.210 e. The second kappa shape index (κ2) is 4.82. The molecule has 2 N–H and O–H groups in total. The van der Waals surface area contributed by atoms with Crippen LogP contribution in [0.15, 0.2) is 29.4 Å². The summed E-state index contributed by atoms with van der Waals surface area (Å²) in [4.78, 5) is 0. The third-order valence-electron chi connectivity index (χ3n) is 2.89. The van der Waals surface area contributed by atoms with Crippen LogP contribution in [0.3, 0.4) is 0 Å². The molecule has 0 saturated heterocycles. The van der Waals surface area contributed by atoms with Gasteiger partial charge in [-0.2, -0.15) is 0 Å². The van der Waals surface area contributed by atoms with Crippen LogP contribution in [0.5, 0.6) is 0 Å². The lowest BCUT2D eigenvalue weighted by atomic mass is 10.2. The Bertz CT molecular complexity index is 565. The predicted molar refractivity (Wildman–Crippen MR) is 73.2 cm³/mol. The van der Waals surface area contributed by atoms with Gasteiger partial charge in [0, 0.05) is 16.7 Å². The first-order chi connectivity index (χ1) is 8.74. The molecule has 0 bridgehead atoms. The molecule has 0 spiro atoms. The Morgan fingerprint density at radius 3 is 2.94 bits per heavy atom. The first-order valence-electron chi connectivity index (χ1n) is 5.81. The molecular weight excluding hydrogens is 268 g/mol. The monoisotopic (exact) mass is 280 g/mol. The van der Waals surface area contributed by atoms with E-state index in [0.29, 0.717) is 5.92 Å². The number of halogens is 1. The molecule has 1 aromatic carbocycles. The minimum absolute atomic E-state index is 0.517. The molecule has 1 aromatic heterocycles. The fourth-order valence-corrected chi connectivity index (χ4v) is 2.80. The third-order valence-corrected chi connectivity index (χ3v) is 4.14. The zero-order chi connectivity index (χ0) is 12.5. The van der Waals surface area contributed by atoms with E-state index >= 15 is 0 Å². The molecule has 0 amide bonds. The number of benzene rings is 1. The van der Waals surface area contributed by atoms with Crippen molar-refractivity contribution >= 4 is 23.4 Å². The van der Waals surface area contributed by atoms with Crippen LogP contribution < -0.4 is 5.84 Å². The van der Waals surface area contributed by atoms with Crippen LogP contribution in [0.25, 0.3) is 0 Å². The van der Waals surface area contributed by atoms with Crippen LogP contribution in [0.2, 0.25) is 5.02 Å². The third kappa shape index (κ3) is 2.47. The van der Waals surface area contributed by atoms with Crippen LogP contribution in [-0.4, -0.2) is 14.9 Å². The molecule has 1 heterocycles. The SMILES string of the molecule is Nn1c(SCc2cccc(Cl)c2)nnc1C1CC1. The lowest BCUT2D eigenvalue weighted by Gasteiger charge is -2.03. The molecule has 2 aromatic rings. The van der Waals surface area contributed by atoms with E-state index in [0.717, 1.165) is 27.3 Å². The van der Waals surface area contributed by atoms with E-state index in [1.807, 2.05) is 24.3 Å². The highest BCUT2D eigenvalue weighted by Gasteiger charge is 2.29. The highest BCUT2D eigenvalue weighted by Crippen LogP contribution is 2.39. The summed E-state index contributed by atoms with van der Waals surface area (Å²) in [5, 5.41) is 9.79. The van der Waals surface area contributed by atoms with Crippen LogP contribution in [0.4, 0.5) is 0 Å². The van der Waals surface area contributed by atoms with Gasteiger partial charge in [0.2, 0.25) is 5.16 Å². The van der Waals surface area contributed by atoms with Crippen molar-refractivity contribution in [1.82, 2.24) is 14.9 Å². The Hall–Kier alpha value is -1.20. The van der Waals surface area contributed by atoms with Crippen LogP contribution in [0, 0.1) is 0 Å². The molecule has 1 aliphatic carbocycles. The maximum Gasteiger partial charge on any atom is 0.210 e. The maximum atomic E-state index is 5.98. The first kappa shape index (κ1) is 11.9. The van der Waals surface area contributed by atoms with Crippen LogP contribution >= 0.6 is 23.4 Å². The number of hydrogen-bond donors (Lipinski definition) is 1. The number of rotatable bonds is 4. The summed E-state index contributed by atoms with van der Waals surface area (Å²) in [7, 11) is 0. The fourth-order valence-electron chi connectivity index (χ4n) is 1.78. The molecule has 6 heteroatoms. The summed E-state index contributed by atoms with van der Waals surface area (Å²) in [5.74, 6) is 8.20. The van der Waals surface area contributed by atoms with Crippen LogP contribution in [0.1, 0.15) is 30.1 Å². The molecule has 3 rings (SSSR count). The van der Waals surface area contributed by atoms with Gasteiger partial charge in [0.1, 0.15) is 0 Å². The van der Waals surface area contributed by atoms with E-state index in [2.05, 4.69) is 10.2 Å². The second-order valence-electron chi connectivity index (χ2n) is 4.40. The molecule has 4 nitrogen and oxygen atoms in total. The van der Waals surface area contributed by atoms with Crippen molar-refractivity contribution in [2.45, 2.75) is 29.7 Å². The summed E-state index contributed by atoms with van der Waals surface area (Å²) in [6.45, 7) is 0. The zero-order valence-corrected chi connectivity index (χ0v) is 11.3. The molecule has 94 valence electrons. The van der Waals surface area contributed by atoms with E-state index in [9.17, 15) is 0 Å². The Morgan fingerprint density at radius 1 is 1.39 bits per heavy atom. The van der Waals surface area contributed by atoms with Gasteiger partial charge in [-0.1, -0.05) is 35.5 Å². The van der Waals surface area contributed by atoms with Gasteiger partial charge in [-0.3, -0.25) is 0 Å². The summed E-state index contributed by atoms with van der Waals surface area (Å²) >= 11 is 7.53. The van der Waals surface area contributed by atoms with Gasteiger partial charge in [-0.15, -0.1) is 10.2 Å². The van der Waals surface area contributed by atoms with Crippen molar-refractivity contribution in [1.29, 1.82) is 0 Å². The van der Waals surface area contributed by atoms with Crippen molar-refractivity contribution in [3.8, 4) is 0 Å². The normalized spacial score (nSPS) is 14.9. The van der Waals surface area contributed by atoms with Gasteiger partial charge in [0.25, 0.3) is 0 Å². The molecule has 18 heavy (non-hydrogen) atoms. The van der Waals surface area contributed by atoms with Gasteiger partial charge < -0.3 is 5.84 Å². The number of nitrogens with zero attached hydrogens (tertiary/aromatic N) is 3. The molecule has 1 aliphatic rings. The number of aromatic nitrogens is 3. The molecular formula is C12H13ClN4S. The summed E-state index contributed by atoms with van der Waals surface area (Å²) in [6.07, 6.45) is 2.35. The predicted octanol–water partition coefficient (Wildman–Crippen LogP) is 2.82. The largest absolute Gasteiger partial charge is 0.336 e. The van der Waals surface area contributed by atoms with E-state index < -0.39 is 0 Å². The second-order valence-corrected chi connectivity index (χ2v) is 5.78. The number of hydrogen-bond acceptors (Lipinski definition) is 4. The van der Waals surface area contributed by atoms with Gasteiger partial charge >= 0.3 is 0 Å². The summed E-state index contributed by atoms with van der Waals surface area (Å²) in [5.41, 5.74) is 1.16. The van der Waals surface area contributed by atoms with Crippen molar-refractivity contribution in [2.75, 3.05) is 5.84 Å². The van der Waals surface area contributed by atoms with E-state index in [1.54, 1.807) is 16.4 Å². The molecule has 0 unspecified atom stereocenters. The number of thioether (sulfide) groups is 1. The van der Waals surface area contributed by atoms with Crippen LogP contribution in [-0.2, 0) is 5.75 Å². The number of nitrogen functional groups attached to an aromatic ring is 1. The average Bonchev–Trinajstić information content (AvgIpc) is 3.12. The lowest BCUT2D eigenvalue weighted by molar-refractivity contribution is 0.790. The average molecular weight is 281 g/mol. The Balaban J connectivity index is 1.69. The van der Waals surface area contributed by atoms with Gasteiger partial charge in [-0.05, 0) is 30.5 Å². The molecule has 0 atom stereocenters. The lowest BCUT2D eigenvalue weighted by Crippen LogP contribution is -2.13. The highest BCUT2D eigenvalue weighted by molar-refractivity contribution is 7.98. The molecule has 0 aliphatic heterocycles. The van der Waals surface area contributed by atoms with Gasteiger partial charge in [0.15, 0.2) is 5.82 Å². The number of nitrogens with two attached hydrogens (primary N) is 1. The minimum atomic E-state index is 0.517. The van der Waals surface area contributed by atoms with Gasteiger partial charge in [0.05, 0.1) is 0 Å². The quantitative estimate of drug-likeness (QED) is 0.691. The molecule has 0 radical (unpaired) electrons. The topological polar surface area (TPSA) is 56.7 Å². The highest BCUT2D eigenvalue weighted by atomic mass is 35.5. The summed E-state index contributed by atoms with van der Waals surface area (Å²) < 4.78 is 1.62.